The highest BCUT2D eigenvalue weighted by atomic mass is 32.2. The van der Waals surface area contributed by atoms with E-state index in [0.29, 0.717) is 24.8 Å². The van der Waals surface area contributed by atoms with Crippen LogP contribution in [0.4, 0.5) is 0 Å². The molecule has 3 aliphatic rings. The van der Waals surface area contributed by atoms with Gasteiger partial charge >= 0.3 is 0 Å². The smallest absolute Gasteiger partial charge is 0.260 e. The van der Waals surface area contributed by atoms with Gasteiger partial charge in [0.25, 0.3) is 5.91 Å². The van der Waals surface area contributed by atoms with Gasteiger partial charge in [-0.2, -0.15) is 0 Å². The minimum atomic E-state index is -0.0642. The fraction of sp³-hybridized carbons (Fsp3) is 0.448. The number of rotatable bonds is 6. The number of benzene rings is 2. The summed E-state index contributed by atoms with van der Waals surface area (Å²) in [5, 5.41) is 3.43. The van der Waals surface area contributed by atoms with Crippen LogP contribution in [0.2, 0.25) is 0 Å². The van der Waals surface area contributed by atoms with Crippen molar-refractivity contribution in [3.8, 4) is 0 Å². The maximum Gasteiger partial charge on any atom is 0.260 e. The minimum Gasteiger partial charge on any atom is -0.376 e. The standard InChI is InChI=1S/C29H34N2O3S/c1-20-7-5-10-22(15-20)19-31-25-17-23(28(32)30-18-24-11-6-14-34-24)12-13-26(25)35-27(29(31)33)16-21-8-3-2-4-9-21/h2-5,7-10,15-16,23-26H,6,11-14,17-19H2,1H3,(H,30,32)/b27-16-. The molecule has 2 saturated heterocycles. The number of carbonyl (C=O) groups is 2. The zero-order valence-electron chi connectivity index (χ0n) is 20.3. The maximum atomic E-state index is 13.8. The molecule has 5 rings (SSSR count). The van der Waals surface area contributed by atoms with E-state index in [0.717, 1.165) is 48.3 Å². The van der Waals surface area contributed by atoms with E-state index in [-0.39, 0.29) is 29.9 Å². The van der Waals surface area contributed by atoms with Crippen molar-refractivity contribution in [2.45, 2.75) is 63.0 Å². The fourth-order valence-corrected chi connectivity index (χ4v) is 6.90. The molecule has 35 heavy (non-hydrogen) atoms. The lowest BCUT2D eigenvalue weighted by Crippen LogP contribution is -2.53. The first-order chi connectivity index (χ1) is 17.1. The Labute approximate surface area is 212 Å². The van der Waals surface area contributed by atoms with Crippen molar-refractivity contribution in [2.75, 3.05) is 13.2 Å². The van der Waals surface area contributed by atoms with E-state index in [1.54, 1.807) is 11.8 Å². The SMILES string of the molecule is Cc1cccc(CN2C(=O)/C(=C/c3ccccc3)SC3CCC(C(=O)NCC4CCCO4)CC32)c1. The van der Waals surface area contributed by atoms with Gasteiger partial charge in [0.1, 0.15) is 0 Å². The number of nitrogens with zero attached hydrogens (tertiary/aromatic N) is 1. The van der Waals surface area contributed by atoms with Crippen LogP contribution in [0.5, 0.6) is 0 Å². The third-order valence-electron chi connectivity index (χ3n) is 7.34. The molecule has 4 atom stereocenters. The van der Waals surface area contributed by atoms with Crippen LogP contribution in [0.1, 0.15) is 48.8 Å². The van der Waals surface area contributed by atoms with Gasteiger partial charge in [-0.25, -0.2) is 0 Å². The molecule has 2 heterocycles. The van der Waals surface area contributed by atoms with Gasteiger partial charge in [0.2, 0.25) is 5.91 Å². The molecular weight excluding hydrogens is 456 g/mol. The molecule has 0 aromatic heterocycles. The van der Waals surface area contributed by atoms with E-state index < -0.39 is 0 Å². The van der Waals surface area contributed by atoms with Crippen molar-refractivity contribution in [1.82, 2.24) is 10.2 Å². The molecule has 1 aliphatic carbocycles. The number of ether oxygens (including phenoxy) is 1. The molecule has 6 heteroatoms. The van der Waals surface area contributed by atoms with E-state index in [4.69, 9.17) is 4.74 Å². The summed E-state index contributed by atoms with van der Waals surface area (Å²) in [5.41, 5.74) is 3.36. The first-order valence-corrected chi connectivity index (χ1v) is 13.6. The van der Waals surface area contributed by atoms with Crippen molar-refractivity contribution < 1.29 is 14.3 Å². The Balaban J connectivity index is 1.35. The fourth-order valence-electron chi connectivity index (χ4n) is 5.48. The molecule has 3 fully saturated rings. The summed E-state index contributed by atoms with van der Waals surface area (Å²) in [6.07, 6.45) is 6.75. The lowest BCUT2D eigenvalue weighted by molar-refractivity contribution is -0.133. The summed E-state index contributed by atoms with van der Waals surface area (Å²) in [5.74, 6) is 0.116. The number of hydrogen-bond donors (Lipinski definition) is 1. The molecule has 2 aromatic rings. The summed E-state index contributed by atoms with van der Waals surface area (Å²) >= 11 is 1.70. The second kappa shape index (κ2) is 11.0. The lowest BCUT2D eigenvalue weighted by atomic mass is 9.83. The molecular formula is C29H34N2O3S. The second-order valence-corrected chi connectivity index (χ2v) is 11.2. The van der Waals surface area contributed by atoms with E-state index >= 15 is 0 Å². The highest BCUT2D eigenvalue weighted by Crippen LogP contribution is 2.44. The van der Waals surface area contributed by atoms with Crippen LogP contribution in [0, 0.1) is 12.8 Å². The molecule has 2 amide bonds. The van der Waals surface area contributed by atoms with Crippen LogP contribution in [-0.2, 0) is 20.9 Å². The summed E-state index contributed by atoms with van der Waals surface area (Å²) in [4.78, 5) is 29.6. The number of nitrogens with one attached hydrogen (secondary N) is 1. The Morgan fingerprint density at radius 2 is 2.00 bits per heavy atom. The van der Waals surface area contributed by atoms with Gasteiger partial charge < -0.3 is 15.0 Å². The zero-order chi connectivity index (χ0) is 24.2. The highest BCUT2D eigenvalue weighted by molar-refractivity contribution is 8.04. The van der Waals surface area contributed by atoms with Crippen molar-refractivity contribution in [3.63, 3.8) is 0 Å². The van der Waals surface area contributed by atoms with E-state index in [1.165, 1.54) is 5.56 Å². The van der Waals surface area contributed by atoms with Gasteiger partial charge in [-0.05, 0) is 56.2 Å². The van der Waals surface area contributed by atoms with Crippen LogP contribution < -0.4 is 5.32 Å². The lowest BCUT2D eigenvalue weighted by Gasteiger charge is -2.46. The number of amides is 2. The van der Waals surface area contributed by atoms with E-state index in [9.17, 15) is 9.59 Å². The second-order valence-electron chi connectivity index (χ2n) is 9.96. The van der Waals surface area contributed by atoms with Crippen molar-refractivity contribution >= 4 is 29.7 Å². The molecule has 184 valence electrons. The molecule has 2 aliphatic heterocycles. The van der Waals surface area contributed by atoms with Crippen LogP contribution in [0.3, 0.4) is 0 Å². The molecule has 4 unspecified atom stereocenters. The minimum absolute atomic E-state index is 0.0492. The van der Waals surface area contributed by atoms with Crippen LogP contribution in [0.15, 0.2) is 59.5 Å². The van der Waals surface area contributed by atoms with Crippen LogP contribution >= 0.6 is 11.8 Å². The van der Waals surface area contributed by atoms with Gasteiger partial charge in [-0.3, -0.25) is 9.59 Å². The Morgan fingerprint density at radius 1 is 1.14 bits per heavy atom. The molecule has 5 nitrogen and oxygen atoms in total. The van der Waals surface area contributed by atoms with Gasteiger partial charge in [0, 0.05) is 36.9 Å². The normalized spacial score (nSPS) is 27.6. The quantitative estimate of drug-likeness (QED) is 0.583. The number of hydrogen-bond acceptors (Lipinski definition) is 4. The molecule has 0 bridgehead atoms. The molecule has 0 spiro atoms. The third kappa shape index (κ3) is 5.81. The largest absolute Gasteiger partial charge is 0.376 e. The van der Waals surface area contributed by atoms with Gasteiger partial charge in [-0.1, -0.05) is 60.2 Å². The zero-order valence-corrected chi connectivity index (χ0v) is 21.1. The monoisotopic (exact) mass is 490 g/mol. The Bertz CT molecular complexity index is 1080. The Kier molecular flexibility index (Phi) is 7.59. The van der Waals surface area contributed by atoms with Crippen LogP contribution in [0.25, 0.3) is 6.08 Å². The summed E-state index contributed by atoms with van der Waals surface area (Å²) in [6.45, 7) is 4.03. The average Bonchev–Trinajstić information content (AvgIpc) is 3.39. The summed E-state index contributed by atoms with van der Waals surface area (Å²) in [7, 11) is 0. The molecule has 1 N–H and O–H groups in total. The molecule has 1 saturated carbocycles. The topological polar surface area (TPSA) is 58.6 Å². The predicted molar refractivity (Wildman–Crippen MR) is 141 cm³/mol. The first-order valence-electron chi connectivity index (χ1n) is 12.8. The van der Waals surface area contributed by atoms with Crippen molar-refractivity contribution in [2.24, 2.45) is 5.92 Å². The van der Waals surface area contributed by atoms with E-state index in [1.807, 2.05) is 47.4 Å². The predicted octanol–water partition coefficient (Wildman–Crippen LogP) is 4.94. The average molecular weight is 491 g/mol. The van der Waals surface area contributed by atoms with Gasteiger partial charge in [0.15, 0.2) is 0 Å². The maximum absolute atomic E-state index is 13.8. The van der Waals surface area contributed by atoms with Crippen molar-refractivity contribution in [1.29, 1.82) is 0 Å². The summed E-state index contributed by atoms with van der Waals surface area (Å²) in [6, 6.07) is 18.5. The Morgan fingerprint density at radius 3 is 2.77 bits per heavy atom. The molecule has 0 radical (unpaired) electrons. The number of carbonyl (C=O) groups excluding carboxylic acids is 2. The van der Waals surface area contributed by atoms with Gasteiger partial charge in [0.05, 0.1) is 11.0 Å². The number of thioether (sulfide) groups is 1. The Hall–Kier alpha value is -2.57. The third-order valence-corrected chi connectivity index (χ3v) is 8.74. The number of fused-ring (bicyclic) bond motifs is 1. The number of aryl methyl sites for hydroxylation is 1. The van der Waals surface area contributed by atoms with Gasteiger partial charge in [-0.15, -0.1) is 11.8 Å². The first kappa shape index (κ1) is 24.1. The van der Waals surface area contributed by atoms with E-state index in [2.05, 4.69) is 30.4 Å². The van der Waals surface area contributed by atoms with Crippen molar-refractivity contribution in [3.05, 3.63) is 76.2 Å². The van der Waals surface area contributed by atoms with Crippen LogP contribution in [-0.4, -0.2) is 47.3 Å². The highest BCUT2D eigenvalue weighted by Gasteiger charge is 2.44. The molecule has 2 aromatic carbocycles. The summed E-state index contributed by atoms with van der Waals surface area (Å²) < 4.78 is 5.67.